The van der Waals surface area contributed by atoms with E-state index in [1.54, 1.807) is 50.6 Å². The van der Waals surface area contributed by atoms with Crippen LogP contribution in [0.2, 0.25) is 0 Å². The summed E-state index contributed by atoms with van der Waals surface area (Å²) in [5.74, 6) is -8.91. The van der Waals surface area contributed by atoms with E-state index in [1.165, 1.54) is 22.8 Å². The quantitative estimate of drug-likeness (QED) is 0.0106. The van der Waals surface area contributed by atoms with Gasteiger partial charge in [0.15, 0.2) is 5.60 Å². The van der Waals surface area contributed by atoms with Gasteiger partial charge in [-0.05, 0) is 78.5 Å². The number of aliphatic hydroxyl groups is 1. The lowest BCUT2D eigenvalue weighted by molar-refractivity contribution is -0.173. The van der Waals surface area contributed by atoms with E-state index >= 15 is 4.39 Å². The largest absolute Gasteiger partial charge is 0.492 e. The number of amides is 10. The highest BCUT2D eigenvalue weighted by molar-refractivity contribution is 6.28. The number of nitrogens with zero attached hydrogens (tertiary/aromatic N) is 3. The zero-order chi connectivity index (χ0) is 97.9. The molecule has 3 aliphatic heterocycles. The maximum Gasteiger partial charge on any atom is 0.343 e. The van der Waals surface area contributed by atoms with Crippen LogP contribution in [0.5, 0.6) is 5.75 Å². The van der Waals surface area contributed by atoms with Crippen LogP contribution in [0.4, 0.5) is 10.1 Å². The summed E-state index contributed by atoms with van der Waals surface area (Å²) >= 11 is 0. The van der Waals surface area contributed by atoms with Gasteiger partial charge in [-0.3, -0.25) is 52.7 Å². The van der Waals surface area contributed by atoms with Gasteiger partial charge in [-0.1, -0.05) is 43.2 Å². The number of carbonyl (C=O) groups excluding carboxylic acids is 11. The Labute approximate surface area is 797 Å². The minimum atomic E-state index is -2.04. The average Bonchev–Trinajstić information content (AvgIpc) is 1.54. The highest BCUT2D eigenvalue weighted by Gasteiger charge is 2.50. The number of halogens is 1. The van der Waals surface area contributed by atoms with Crippen LogP contribution < -0.4 is 57.7 Å². The fourth-order valence-corrected chi connectivity index (χ4v) is 15.0. The lowest BCUT2D eigenvalue weighted by Gasteiger charge is -2.32. The minimum absolute atomic E-state index is 0.00349. The third kappa shape index (κ3) is 36.1. The molecule has 0 bridgehead atoms. The molecule has 43 nitrogen and oxygen atoms in total. The van der Waals surface area contributed by atoms with E-state index in [4.69, 9.17) is 95.0 Å². The molecule has 5 heterocycles. The van der Waals surface area contributed by atoms with Crippen LogP contribution in [0, 0.1) is 11.7 Å². The van der Waals surface area contributed by atoms with Gasteiger partial charge < -0.3 is 142 Å². The second-order valence-corrected chi connectivity index (χ2v) is 32.1. The standard InChI is InChI=1S/C94H128FN11O32/c1-120-22-24-124-30-32-128-38-40-132-46-48-134-44-42-130-36-34-126-28-26-122-20-17-96-89(114)69-51-66(106-84(112)15-16-85(106)113)52-70(90(115)97-18-21-123-27-29-127-35-37-131-43-45-135-49-47-133-41-39-129-33-31-125-25-23-121-2)88(69)137-19-7-12-79(107)99-57-80(108)100-59-82(110)103-77(50-64-8-4-3-5-9-64)91(116)101-58-81(109)102-63-136-62-83(111)98-56-71-72-60-105-78(87(72)104-76-54-75(95)67-10-6-11-68(67)86(71)76)53-74-73(92(105)117)61-138-93(118)94(74,119)55-65-13-14-65/h3-5,8-9,15-16,51-54,65,77,119H,6-7,10-14,17-50,55-63H2,1-2H3,(H,96,114)(H,97,115)(H,98,111)(H,99,107)(H,100,108)(H,101,116)(H,102,109)(H,103,110)/t77-,94-/m0/s1. The van der Waals surface area contributed by atoms with Crippen LogP contribution in [0.25, 0.3) is 22.3 Å². The number of benzene rings is 3. The van der Waals surface area contributed by atoms with E-state index in [1.807, 2.05) is 0 Å². The number of ether oxygens (including phenoxy) is 19. The van der Waals surface area contributed by atoms with E-state index in [9.17, 15) is 62.6 Å². The van der Waals surface area contributed by atoms with E-state index in [0.29, 0.717) is 209 Å². The van der Waals surface area contributed by atoms with Crippen LogP contribution in [-0.2, 0) is 173 Å². The Balaban J connectivity index is 0.647. The maximum absolute atomic E-state index is 15.7. The lowest BCUT2D eigenvalue weighted by atomic mass is 9.84. The number of cyclic esters (lactones) is 1. The molecular formula is C94H128FN11O32. The molecular weight excluding hydrogens is 1810 g/mol. The number of aromatic nitrogens is 2. The van der Waals surface area contributed by atoms with Crippen LogP contribution >= 0.6 is 0 Å². The predicted octanol–water partition coefficient (Wildman–Crippen LogP) is 0.153. The molecule has 138 heavy (non-hydrogen) atoms. The summed E-state index contributed by atoms with van der Waals surface area (Å²) in [4.78, 5) is 168. The van der Waals surface area contributed by atoms with Crippen LogP contribution in [0.15, 0.2) is 71.5 Å². The number of imide groups is 1. The summed E-state index contributed by atoms with van der Waals surface area (Å²) in [6, 6.07) is 12.7. The number of methoxy groups -OCH3 is 2. The second kappa shape index (κ2) is 60.9. The average molecular weight is 1940 g/mol. The molecule has 0 radical (unpaired) electrons. The van der Waals surface area contributed by atoms with Crippen molar-refractivity contribution < 1.29 is 152 Å². The number of fused-ring (bicyclic) bond motifs is 7. The first kappa shape index (κ1) is 109. The first-order valence-corrected chi connectivity index (χ1v) is 46.3. The second-order valence-electron chi connectivity index (χ2n) is 32.1. The van der Waals surface area contributed by atoms with Gasteiger partial charge in [0.25, 0.3) is 29.2 Å². The number of rotatable bonds is 74. The predicted molar refractivity (Wildman–Crippen MR) is 488 cm³/mol. The summed E-state index contributed by atoms with van der Waals surface area (Å²) in [7, 11) is 3.22. The van der Waals surface area contributed by atoms with Crippen LogP contribution in [0.3, 0.4) is 0 Å². The van der Waals surface area contributed by atoms with Crippen molar-refractivity contribution >= 4 is 81.6 Å². The molecule has 10 amide bonds. The molecule has 5 aromatic rings. The monoisotopic (exact) mass is 1940 g/mol. The molecule has 1 saturated carbocycles. The van der Waals surface area contributed by atoms with Crippen LogP contribution in [-0.4, -0.2) is 351 Å². The number of esters is 1. The van der Waals surface area contributed by atoms with Gasteiger partial charge in [-0.25, -0.2) is 19.1 Å². The third-order valence-corrected chi connectivity index (χ3v) is 22.0. The zero-order valence-corrected chi connectivity index (χ0v) is 78.2. The maximum atomic E-state index is 15.7. The van der Waals surface area contributed by atoms with Gasteiger partial charge in [-0.2, -0.15) is 0 Å². The molecule has 9 N–H and O–H groups in total. The zero-order valence-electron chi connectivity index (χ0n) is 78.2. The first-order valence-electron chi connectivity index (χ1n) is 46.3. The van der Waals surface area contributed by atoms with Crippen molar-refractivity contribution in [2.45, 2.75) is 89.1 Å². The molecule has 2 atom stereocenters. The molecule has 2 aliphatic carbocycles. The number of nitrogens with one attached hydrogen (secondary N) is 8. The fraction of sp³-hybridized carbons (Fsp3) is 0.585. The molecule has 0 spiro atoms. The Kier molecular flexibility index (Phi) is 48.1. The first-order chi connectivity index (χ1) is 67.3. The van der Waals surface area contributed by atoms with Gasteiger partial charge in [0.1, 0.15) is 37.6 Å². The molecule has 1 fully saturated rings. The molecule has 10 rings (SSSR count). The highest BCUT2D eigenvalue weighted by atomic mass is 19.1. The van der Waals surface area contributed by atoms with E-state index < -0.39 is 121 Å². The Morgan fingerprint density at radius 1 is 0.514 bits per heavy atom. The van der Waals surface area contributed by atoms with Crippen LogP contribution in [0.1, 0.15) is 98.2 Å². The Morgan fingerprint density at radius 3 is 1.51 bits per heavy atom. The van der Waals surface area contributed by atoms with E-state index in [0.717, 1.165) is 35.5 Å². The van der Waals surface area contributed by atoms with Gasteiger partial charge >= 0.3 is 5.97 Å². The summed E-state index contributed by atoms with van der Waals surface area (Å²) in [5.41, 5.74) is 1.19. The van der Waals surface area contributed by atoms with Gasteiger partial charge in [0.2, 0.25) is 35.4 Å². The number of carbonyl (C=O) groups is 11. The van der Waals surface area contributed by atoms with Gasteiger partial charge in [0.05, 0.1) is 270 Å². The minimum Gasteiger partial charge on any atom is -0.492 e. The molecule has 2 aromatic heterocycles. The normalized spacial score (nSPS) is 14.8. The SMILES string of the molecule is COCCOCCOCCOCCOCCOCCOCCOCCNC(=O)c1cc(N2C(=O)C=CC2=O)cc(C(=O)NCCOCCOCCOCCOCCOCCOCCOCCOC)c1OCCCC(=O)NCC(=O)NCC(=O)N[C@@H](Cc1ccccc1)C(=O)NCC(=O)NCOCC(=O)NCc1c2c(nc3cc(F)c4c(c13)CCC4)-c1cc3c(c(=O)n1C2)COC(=O)[C@]3(O)CC1CC1. The smallest absolute Gasteiger partial charge is 0.343 e. The van der Waals surface area contributed by atoms with Crippen molar-refractivity contribution in [3.05, 3.63) is 133 Å². The summed E-state index contributed by atoms with van der Waals surface area (Å²) in [6.07, 6.45) is 5.15. The molecule has 5 aliphatic rings. The molecule has 44 heteroatoms. The highest BCUT2D eigenvalue weighted by Crippen LogP contribution is 2.47. The Morgan fingerprint density at radius 2 is 0.993 bits per heavy atom. The number of hydrogen-bond acceptors (Lipinski definition) is 33. The molecule has 0 saturated heterocycles. The summed E-state index contributed by atoms with van der Waals surface area (Å²) < 4.78 is 122. The molecule has 758 valence electrons. The van der Waals surface area contributed by atoms with Crippen molar-refractivity contribution in [1.29, 1.82) is 0 Å². The van der Waals surface area contributed by atoms with E-state index in [2.05, 4.69) is 42.5 Å². The topological polar surface area (TPSA) is 518 Å². The molecule has 3 aromatic carbocycles. The summed E-state index contributed by atoms with van der Waals surface area (Å²) in [5, 5.41) is 33.2. The number of pyridine rings is 2. The lowest BCUT2D eigenvalue weighted by Crippen LogP contribution is -2.52. The van der Waals surface area contributed by atoms with Crippen molar-refractivity contribution in [3.8, 4) is 17.1 Å². The van der Waals surface area contributed by atoms with Crippen molar-refractivity contribution in [2.24, 2.45) is 5.92 Å². The number of anilines is 1. The number of aryl methyl sites for hydroxylation is 1. The summed E-state index contributed by atoms with van der Waals surface area (Å²) in [6.45, 7) is 6.81. The molecule has 0 unspecified atom stereocenters. The third-order valence-electron chi connectivity index (χ3n) is 22.0. The number of hydrogen-bond donors (Lipinski definition) is 9. The van der Waals surface area contributed by atoms with Crippen molar-refractivity contribution in [2.75, 3.05) is 270 Å². The fourth-order valence-electron chi connectivity index (χ4n) is 15.0. The Hall–Kier alpha value is -10.9. The Bertz CT molecular complexity index is 4790. The van der Waals surface area contributed by atoms with E-state index in [-0.39, 0.29) is 158 Å². The van der Waals surface area contributed by atoms with Crippen molar-refractivity contribution in [1.82, 2.24) is 52.1 Å². The van der Waals surface area contributed by atoms with Gasteiger partial charge in [-0.15, -0.1) is 0 Å². The van der Waals surface area contributed by atoms with Gasteiger partial charge in [0, 0.05) is 81.4 Å². The van der Waals surface area contributed by atoms with Crippen molar-refractivity contribution in [3.63, 3.8) is 0 Å².